The zero-order valence-corrected chi connectivity index (χ0v) is 21.1. The van der Waals surface area contributed by atoms with E-state index in [-0.39, 0.29) is 18.0 Å². The molecule has 190 valence electrons. The lowest BCUT2D eigenvalue weighted by molar-refractivity contribution is -0.125. The minimum Gasteiger partial charge on any atom is -0.342 e. The van der Waals surface area contributed by atoms with Gasteiger partial charge < -0.3 is 5.32 Å². The van der Waals surface area contributed by atoms with E-state index in [1.807, 2.05) is 48.5 Å². The molecule has 3 aromatic carbocycles. The van der Waals surface area contributed by atoms with Gasteiger partial charge in [0.1, 0.15) is 6.33 Å². The number of rotatable bonds is 9. The van der Waals surface area contributed by atoms with E-state index in [9.17, 15) is 14.4 Å². The molecular formula is C29H24ClN5O3. The molecule has 0 unspecified atom stereocenters. The van der Waals surface area contributed by atoms with Gasteiger partial charge in [-0.1, -0.05) is 54.1 Å². The lowest BCUT2D eigenvalue weighted by Gasteiger charge is -2.17. The Labute approximate surface area is 224 Å². The summed E-state index contributed by atoms with van der Waals surface area (Å²) in [5.41, 5.74) is 4.68. The maximum Gasteiger partial charge on any atom is 0.244 e. The van der Waals surface area contributed by atoms with E-state index in [1.54, 1.807) is 24.3 Å². The highest BCUT2D eigenvalue weighted by molar-refractivity contribution is 6.30. The van der Waals surface area contributed by atoms with Crippen LogP contribution in [-0.2, 0) is 28.9 Å². The molecule has 0 aliphatic heterocycles. The van der Waals surface area contributed by atoms with Crippen LogP contribution in [0.15, 0.2) is 79.1 Å². The highest BCUT2D eigenvalue weighted by Gasteiger charge is 2.23. The normalized spacial score (nSPS) is 13.4. The van der Waals surface area contributed by atoms with Gasteiger partial charge in [0.2, 0.25) is 5.91 Å². The highest BCUT2D eigenvalue weighted by atomic mass is 35.5. The third kappa shape index (κ3) is 5.92. The Balaban J connectivity index is 1.34. The number of Topliss-reactive ketones (excluding diaryl/α,β-unsaturated/α-hetero) is 2. The summed E-state index contributed by atoms with van der Waals surface area (Å²) in [6.07, 6.45) is 6.11. The van der Waals surface area contributed by atoms with Crippen LogP contribution in [0.4, 0.5) is 0 Å². The summed E-state index contributed by atoms with van der Waals surface area (Å²) in [7, 11) is 0. The van der Waals surface area contributed by atoms with E-state index in [0.717, 1.165) is 23.1 Å². The number of tetrazole rings is 1. The number of carbonyl (C=O) groups excluding carboxylic acids is 3. The minimum atomic E-state index is -0.753. The Kier molecular flexibility index (Phi) is 7.51. The van der Waals surface area contributed by atoms with Crippen LogP contribution in [0.3, 0.4) is 0 Å². The quantitative estimate of drug-likeness (QED) is 0.331. The average Bonchev–Trinajstić information content (AvgIpc) is 3.58. The van der Waals surface area contributed by atoms with Crippen LogP contribution in [0.2, 0.25) is 5.02 Å². The van der Waals surface area contributed by atoms with Gasteiger partial charge in [-0.25, -0.2) is 0 Å². The predicted octanol–water partition coefficient (Wildman–Crippen LogP) is 4.00. The van der Waals surface area contributed by atoms with Crippen LogP contribution in [-0.4, -0.2) is 43.7 Å². The van der Waals surface area contributed by atoms with Gasteiger partial charge in [-0.3, -0.25) is 14.4 Å². The molecule has 0 saturated carbocycles. The van der Waals surface area contributed by atoms with Crippen molar-refractivity contribution in [2.24, 2.45) is 0 Å². The smallest absolute Gasteiger partial charge is 0.244 e. The zero-order valence-electron chi connectivity index (χ0n) is 20.4. The van der Waals surface area contributed by atoms with Crippen molar-refractivity contribution in [1.82, 2.24) is 25.5 Å². The van der Waals surface area contributed by atoms with Crippen LogP contribution < -0.4 is 5.32 Å². The second-order valence-corrected chi connectivity index (χ2v) is 9.54. The first-order valence-corrected chi connectivity index (χ1v) is 12.6. The first kappa shape index (κ1) is 25.2. The third-order valence-corrected chi connectivity index (χ3v) is 6.70. The van der Waals surface area contributed by atoms with Gasteiger partial charge in [0.05, 0.1) is 11.7 Å². The maximum atomic E-state index is 13.4. The van der Waals surface area contributed by atoms with Crippen LogP contribution in [0, 0.1) is 0 Å². The van der Waals surface area contributed by atoms with Gasteiger partial charge in [-0.15, -0.1) is 5.10 Å². The van der Waals surface area contributed by atoms with Gasteiger partial charge in [0, 0.05) is 35.1 Å². The fourth-order valence-corrected chi connectivity index (χ4v) is 4.72. The van der Waals surface area contributed by atoms with Gasteiger partial charge in [-0.2, -0.15) is 4.68 Å². The molecule has 0 spiro atoms. The number of halogens is 1. The number of hydrogen-bond acceptors (Lipinski definition) is 6. The van der Waals surface area contributed by atoms with Crippen molar-refractivity contribution >= 4 is 35.2 Å². The number of aromatic nitrogens is 4. The first-order chi connectivity index (χ1) is 18.5. The summed E-state index contributed by atoms with van der Waals surface area (Å²) in [5, 5.41) is 14.6. The summed E-state index contributed by atoms with van der Waals surface area (Å²) in [6.45, 7) is 0. The largest absolute Gasteiger partial charge is 0.342 e. The van der Waals surface area contributed by atoms with Gasteiger partial charge in [0.25, 0.3) is 0 Å². The SMILES string of the molecule is O=C(/C=C/c1cc(Cl)ccc1-n1cnnn1)N[C@@H](Cc1ccccc1)C(=O)Cc1ccc2c(c1)C(=O)CC2. The van der Waals surface area contributed by atoms with E-state index in [1.165, 1.54) is 17.1 Å². The van der Waals surface area contributed by atoms with Crippen LogP contribution in [0.1, 0.15) is 39.0 Å². The van der Waals surface area contributed by atoms with Crippen molar-refractivity contribution < 1.29 is 14.4 Å². The van der Waals surface area contributed by atoms with Gasteiger partial charge in [-0.05, 0) is 70.3 Å². The van der Waals surface area contributed by atoms with Crippen molar-refractivity contribution in [3.05, 3.63) is 112 Å². The number of hydrogen-bond donors (Lipinski definition) is 1. The average molecular weight is 526 g/mol. The van der Waals surface area contributed by atoms with Crippen molar-refractivity contribution in [3.8, 4) is 5.69 Å². The summed E-state index contributed by atoms with van der Waals surface area (Å²) >= 11 is 6.17. The molecule has 1 aliphatic rings. The standard InChI is InChI=1S/C29H24ClN5O3/c30-23-10-11-26(35-18-31-33-34-35)22(17-23)9-13-29(38)32-25(15-19-4-2-1-3-5-19)28(37)16-20-6-7-21-8-12-27(36)24(21)14-20/h1-7,9-11,13-14,17-18,25H,8,12,15-16H2,(H,32,38)/b13-9+/t25-/m0/s1. The van der Waals surface area contributed by atoms with Crippen LogP contribution >= 0.6 is 11.6 Å². The van der Waals surface area contributed by atoms with E-state index in [2.05, 4.69) is 20.8 Å². The Morgan fingerprint density at radius 3 is 2.66 bits per heavy atom. The fraction of sp³-hybridized carbons (Fsp3) is 0.172. The first-order valence-electron chi connectivity index (χ1n) is 12.2. The topological polar surface area (TPSA) is 107 Å². The molecule has 8 nitrogen and oxygen atoms in total. The number of amides is 1. The van der Waals surface area contributed by atoms with Crippen LogP contribution in [0.25, 0.3) is 11.8 Å². The molecule has 0 fully saturated rings. The Bertz CT molecular complexity index is 1520. The molecule has 38 heavy (non-hydrogen) atoms. The summed E-state index contributed by atoms with van der Waals surface area (Å²) in [5.74, 6) is -0.459. The molecule has 5 rings (SSSR count). The maximum absolute atomic E-state index is 13.4. The lowest BCUT2D eigenvalue weighted by atomic mass is 9.96. The van der Waals surface area contributed by atoms with E-state index >= 15 is 0 Å². The van der Waals surface area contributed by atoms with Gasteiger partial charge >= 0.3 is 0 Å². The number of benzene rings is 3. The summed E-state index contributed by atoms with van der Waals surface area (Å²) in [4.78, 5) is 38.5. The molecule has 0 bridgehead atoms. The molecule has 1 aliphatic carbocycles. The molecule has 1 amide bonds. The lowest BCUT2D eigenvalue weighted by Crippen LogP contribution is -2.42. The molecule has 1 atom stereocenters. The third-order valence-electron chi connectivity index (χ3n) is 6.46. The molecule has 0 saturated heterocycles. The zero-order chi connectivity index (χ0) is 26.5. The fourth-order valence-electron chi connectivity index (χ4n) is 4.54. The number of ketones is 2. The van der Waals surface area contributed by atoms with E-state index < -0.39 is 11.9 Å². The molecule has 4 aromatic rings. The number of aryl methyl sites for hydroxylation is 1. The second-order valence-electron chi connectivity index (χ2n) is 9.10. The van der Waals surface area contributed by atoms with Crippen molar-refractivity contribution in [2.45, 2.75) is 31.7 Å². The number of carbonyl (C=O) groups is 3. The second kappa shape index (κ2) is 11.3. The number of fused-ring (bicyclic) bond motifs is 1. The predicted molar refractivity (Wildman–Crippen MR) is 143 cm³/mol. The van der Waals surface area contributed by atoms with Crippen molar-refractivity contribution in [3.63, 3.8) is 0 Å². The highest BCUT2D eigenvalue weighted by Crippen LogP contribution is 2.24. The molecule has 1 N–H and O–H groups in total. The number of nitrogens with one attached hydrogen (secondary N) is 1. The molecular weight excluding hydrogens is 502 g/mol. The summed E-state index contributed by atoms with van der Waals surface area (Å²) in [6, 6.07) is 19.5. The minimum absolute atomic E-state index is 0.107. The number of nitrogens with zero attached hydrogens (tertiary/aromatic N) is 4. The molecule has 9 heteroatoms. The molecule has 0 radical (unpaired) electrons. The summed E-state index contributed by atoms with van der Waals surface area (Å²) < 4.78 is 1.47. The monoisotopic (exact) mass is 525 g/mol. The molecule has 1 aromatic heterocycles. The van der Waals surface area contributed by atoms with E-state index in [0.29, 0.717) is 34.7 Å². The molecule has 1 heterocycles. The van der Waals surface area contributed by atoms with E-state index in [4.69, 9.17) is 11.6 Å². The van der Waals surface area contributed by atoms with Crippen LogP contribution in [0.5, 0.6) is 0 Å². The van der Waals surface area contributed by atoms with Crippen molar-refractivity contribution in [1.29, 1.82) is 0 Å². The Morgan fingerprint density at radius 1 is 1.03 bits per heavy atom. The Hall–Kier alpha value is -4.43. The van der Waals surface area contributed by atoms with Crippen molar-refractivity contribution in [2.75, 3.05) is 0 Å². The Morgan fingerprint density at radius 2 is 1.87 bits per heavy atom. The van der Waals surface area contributed by atoms with Gasteiger partial charge in [0.15, 0.2) is 11.6 Å².